The van der Waals surface area contributed by atoms with Gasteiger partial charge in [-0.05, 0) is 73.6 Å². The number of aryl methyl sites for hydroxylation is 2. The van der Waals surface area contributed by atoms with Gasteiger partial charge in [0.1, 0.15) is 0 Å². The molecule has 2 aliphatic carbocycles. The molecule has 0 aliphatic heterocycles. The maximum atomic E-state index is 5.92. The molecule has 1 heteroatoms. The second-order valence-corrected chi connectivity index (χ2v) is 5.41. The molecule has 0 amide bonds. The minimum Gasteiger partial charge on any atom is -0.330 e. The number of nitrogens with two attached hydrogens (primary N) is 1. The summed E-state index contributed by atoms with van der Waals surface area (Å²) in [6.07, 6.45) is 8.08. The van der Waals surface area contributed by atoms with E-state index >= 15 is 0 Å². The van der Waals surface area contributed by atoms with E-state index in [4.69, 9.17) is 5.73 Å². The lowest BCUT2D eigenvalue weighted by molar-refractivity contribution is 0.611. The number of benzene rings is 1. The first-order valence-corrected chi connectivity index (χ1v) is 6.70. The SMILES string of the molecule is NCC(c1ccc2c(c1)CCCC2)C1CC1. The van der Waals surface area contributed by atoms with Crippen LogP contribution in [0.5, 0.6) is 0 Å². The lowest BCUT2D eigenvalue weighted by Gasteiger charge is -2.20. The minimum absolute atomic E-state index is 0.632. The molecule has 2 aliphatic rings. The van der Waals surface area contributed by atoms with Crippen molar-refractivity contribution in [2.24, 2.45) is 11.7 Å². The van der Waals surface area contributed by atoms with E-state index in [1.807, 2.05) is 0 Å². The second kappa shape index (κ2) is 4.21. The molecule has 2 N–H and O–H groups in total. The standard InChI is InChI=1S/C15H21N/c16-10-15(12-6-7-12)14-8-5-11-3-1-2-4-13(11)9-14/h5,8-9,12,15H,1-4,6-7,10,16H2. The lowest BCUT2D eigenvalue weighted by atomic mass is 9.86. The highest BCUT2D eigenvalue weighted by atomic mass is 14.6. The van der Waals surface area contributed by atoms with E-state index in [1.165, 1.54) is 44.1 Å². The number of rotatable bonds is 3. The Morgan fingerprint density at radius 1 is 1.12 bits per heavy atom. The molecular formula is C15H21N. The van der Waals surface area contributed by atoms with Gasteiger partial charge in [0.05, 0.1) is 0 Å². The fraction of sp³-hybridized carbons (Fsp3) is 0.600. The fourth-order valence-corrected chi connectivity index (χ4v) is 3.08. The van der Waals surface area contributed by atoms with Crippen LogP contribution in [-0.4, -0.2) is 6.54 Å². The molecule has 0 bridgehead atoms. The highest BCUT2D eigenvalue weighted by Crippen LogP contribution is 2.42. The molecule has 3 rings (SSSR count). The van der Waals surface area contributed by atoms with Crippen molar-refractivity contribution in [3.8, 4) is 0 Å². The highest BCUT2D eigenvalue weighted by molar-refractivity contribution is 5.36. The molecule has 1 fully saturated rings. The van der Waals surface area contributed by atoms with Gasteiger partial charge in [-0.3, -0.25) is 0 Å². The van der Waals surface area contributed by atoms with Crippen LogP contribution < -0.4 is 5.73 Å². The van der Waals surface area contributed by atoms with Crippen LogP contribution in [0.1, 0.15) is 48.3 Å². The third kappa shape index (κ3) is 1.89. The normalized spacial score (nSPS) is 21.6. The van der Waals surface area contributed by atoms with Crippen LogP contribution in [0, 0.1) is 5.92 Å². The topological polar surface area (TPSA) is 26.0 Å². The zero-order valence-electron chi connectivity index (χ0n) is 9.91. The second-order valence-electron chi connectivity index (χ2n) is 5.41. The van der Waals surface area contributed by atoms with Crippen molar-refractivity contribution in [1.82, 2.24) is 0 Å². The Kier molecular flexibility index (Phi) is 2.72. The Balaban J connectivity index is 1.89. The quantitative estimate of drug-likeness (QED) is 0.824. The van der Waals surface area contributed by atoms with Gasteiger partial charge in [-0.2, -0.15) is 0 Å². The van der Waals surface area contributed by atoms with Crippen LogP contribution in [0.15, 0.2) is 18.2 Å². The molecule has 86 valence electrons. The summed E-state index contributed by atoms with van der Waals surface area (Å²) in [6.45, 7) is 0.823. The zero-order chi connectivity index (χ0) is 11.0. The maximum Gasteiger partial charge on any atom is -0.000556 e. The predicted octanol–water partition coefficient (Wildman–Crippen LogP) is 3.02. The largest absolute Gasteiger partial charge is 0.330 e. The van der Waals surface area contributed by atoms with Gasteiger partial charge in [0.25, 0.3) is 0 Å². The molecule has 1 atom stereocenters. The summed E-state index contributed by atoms with van der Waals surface area (Å²) in [5, 5.41) is 0. The predicted molar refractivity (Wildman–Crippen MR) is 67.6 cm³/mol. The minimum atomic E-state index is 0.632. The van der Waals surface area contributed by atoms with Gasteiger partial charge in [-0.15, -0.1) is 0 Å². The van der Waals surface area contributed by atoms with E-state index < -0.39 is 0 Å². The lowest BCUT2D eigenvalue weighted by Crippen LogP contribution is -2.15. The van der Waals surface area contributed by atoms with Crippen molar-refractivity contribution >= 4 is 0 Å². The molecular weight excluding hydrogens is 194 g/mol. The average Bonchev–Trinajstić information content (AvgIpc) is 3.14. The first-order valence-electron chi connectivity index (χ1n) is 6.70. The van der Waals surface area contributed by atoms with Crippen molar-refractivity contribution < 1.29 is 0 Å². The summed E-state index contributed by atoms with van der Waals surface area (Å²) in [6, 6.07) is 7.14. The van der Waals surface area contributed by atoms with Crippen LogP contribution in [0.2, 0.25) is 0 Å². The van der Waals surface area contributed by atoms with Crippen LogP contribution in [0.4, 0.5) is 0 Å². The van der Waals surface area contributed by atoms with Gasteiger partial charge in [0, 0.05) is 0 Å². The highest BCUT2D eigenvalue weighted by Gasteiger charge is 2.31. The Labute approximate surface area is 98.0 Å². The number of hydrogen-bond donors (Lipinski definition) is 1. The molecule has 1 aromatic rings. The zero-order valence-corrected chi connectivity index (χ0v) is 9.91. The summed E-state index contributed by atoms with van der Waals surface area (Å²) >= 11 is 0. The van der Waals surface area contributed by atoms with Crippen LogP contribution in [-0.2, 0) is 12.8 Å². The van der Waals surface area contributed by atoms with Gasteiger partial charge in [-0.25, -0.2) is 0 Å². The van der Waals surface area contributed by atoms with Gasteiger partial charge >= 0.3 is 0 Å². The van der Waals surface area contributed by atoms with E-state index in [-0.39, 0.29) is 0 Å². The van der Waals surface area contributed by atoms with Gasteiger partial charge in [-0.1, -0.05) is 18.2 Å². The summed E-state index contributed by atoms with van der Waals surface area (Å²) < 4.78 is 0. The summed E-state index contributed by atoms with van der Waals surface area (Å²) in [5.41, 5.74) is 10.6. The number of fused-ring (bicyclic) bond motifs is 1. The molecule has 0 heterocycles. The third-order valence-electron chi connectivity index (χ3n) is 4.25. The summed E-state index contributed by atoms with van der Waals surface area (Å²) in [7, 11) is 0. The Morgan fingerprint density at radius 2 is 1.88 bits per heavy atom. The smallest absolute Gasteiger partial charge is 0.000556 e. The van der Waals surface area contributed by atoms with E-state index in [2.05, 4.69) is 18.2 Å². The van der Waals surface area contributed by atoms with E-state index in [9.17, 15) is 0 Å². The Bertz CT molecular complexity index is 379. The van der Waals surface area contributed by atoms with Crippen molar-refractivity contribution in [3.63, 3.8) is 0 Å². The maximum absolute atomic E-state index is 5.92. The number of hydrogen-bond acceptors (Lipinski definition) is 1. The first-order chi connectivity index (χ1) is 7.88. The molecule has 1 unspecified atom stereocenters. The molecule has 1 saturated carbocycles. The van der Waals surface area contributed by atoms with Gasteiger partial charge in [0.2, 0.25) is 0 Å². The van der Waals surface area contributed by atoms with E-state index in [1.54, 1.807) is 11.1 Å². The first kappa shape index (κ1) is 10.3. The Morgan fingerprint density at radius 3 is 2.56 bits per heavy atom. The van der Waals surface area contributed by atoms with E-state index in [0.29, 0.717) is 5.92 Å². The molecule has 0 aromatic heterocycles. The van der Waals surface area contributed by atoms with Gasteiger partial charge in [0.15, 0.2) is 0 Å². The van der Waals surface area contributed by atoms with Crippen molar-refractivity contribution in [3.05, 3.63) is 34.9 Å². The monoisotopic (exact) mass is 215 g/mol. The molecule has 0 radical (unpaired) electrons. The Hall–Kier alpha value is -0.820. The summed E-state index contributed by atoms with van der Waals surface area (Å²) in [5.74, 6) is 1.51. The van der Waals surface area contributed by atoms with Crippen molar-refractivity contribution in [1.29, 1.82) is 0 Å². The average molecular weight is 215 g/mol. The molecule has 1 aromatic carbocycles. The summed E-state index contributed by atoms with van der Waals surface area (Å²) in [4.78, 5) is 0. The van der Waals surface area contributed by atoms with Crippen LogP contribution >= 0.6 is 0 Å². The molecule has 0 spiro atoms. The van der Waals surface area contributed by atoms with Crippen molar-refractivity contribution in [2.75, 3.05) is 6.54 Å². The fourth-order valence-electron chi connectivity index (χ4n) is 3.08. The van der Waals surface area contributed by atoms with E-state index in [0.717, 1.165) is 12.5 Å². The van der Waals surface area contributed by atoms with Crippen molar-refractivity contribution in [2.45, 2.75) is 44.4 Å². The van der Waals surface area contributed by atoms with Crippen LogP contribution in [0.3, 0.4) is 0 Å². The van der Waals surface area contributed by atoms with Crippen LogP contribution in [0.25, 0.3) is 0 Å². The third-order valence-corrected chi connectivity index (χ3v) is 4.25. The molecule has 0 saturated heterocycles. The molecule has 16 heavy (non-hydrogen) atoms. The van der Waals surface area contributed by atoms with Gasteiger partial charge < -0.3 is 5.73 Å². The molecule has 1 nitrogen and oxygen atoms in total.